The highest BCUT2D eigenvalue weighted by atomic mass is 16.5. The van der Waals surface area contributed by atoms with Crippen LogP contribution in [0.25, 0.3) is 0 Å². The van der Waals surface area contributed by atoms with Gasteiger partial charge in [0.15, 0.2) is 5.96 Å². The van der Waals surface area contributed by atoms with Crippen molar-refractivity contribution in [1.82, 2.24) is 15.5 Å². The van der Waals surface area contributed by atoms with Crippen LogP contribution in [0, 0.1) is 5.41 Å². The standard InChI is InChI=1S/C18H38N4O2/c1-6-19-16(20-9-7-8-17(2,3)4)21-14-18(5,23)15-22-10-12-24-13-11-22/h23H,6-15H2,1-5H3,(H2,19,20,21). The summed E-state index contributed by atoms with van der Waals surface area (Å²) in [5, 5.41) is 17.2. The van der Waals surface area contributed by atoms with Gasteiger partial charge in [0.1, 0.15) is 0 Å². The lowest BCUT2D eigenvalue weighted by Gasteiger charge is -2.33. The van der Waals surface area contributed by atoms with Gasteiger partial charge in [-0.3, -0.25) is 9.89 Å². The van der Waals surface area contributed by atoms with E-state index < -0.39 is 5.60 Å². The van der Waals surface area contributed by atoms with E-state index in [-0.39, 0.29) is 0 Å². The molecule has 1 atom stereocenters. The average Bonchev–Trinajstić information content (AvgIpc) is 2.48. The molecular weight excluding hydrogens is 304 g/mol. The van der Waals surface area contributed by atoms with Gasteiger partial charge in [-0.25, -0.2) is 0 Å². The molecule has 0 aliphatic carbocycles. The number of aliphatic hydroxyl groups is 1. The van der Waals surface area contributed by atoms with Crippen molar-refractivity contribution in [1.29, 1.82) is 0 Å². The smallest absolute Gasteiger partial charge is 0.191 e. The van der Waals surface area contributed by atoms with Crippen LogP contribution in [0.5, 0.6) is 0 Å². The third-order valence-electron chi connectivity index (χ3n) is 3.99. The van der Waals surface area contributed by atoms with E-state index >= 15 is 0 Å². The first kappa shape index (κ1) is 21.2. The molecule has 142 valence electrons. The van der Waals surface area contributed by atoms with Crippen molar-refractivity contribution in [3.63, 3.8) is 0 Å². The normalized spacial score (nSPS) is 19.8. The molecule has 6 heteroatoms. The van der Waals surface area contributed by atoms with Gasteiger partial charge in [-0.1, -0.05) is 20.8 Å². The third-order valence-corrected chi connectivity index (χ3v) is 3.99. The van der Waals surface area contributed by atoms with Crippen LogP contribution in [-0.2, 0) is 4.74 Å². The summed E-state index contributed by atoms with van der Waals surface area (Å²) in [5.41, 5.74) is -0.468. The Hall–Kier alpha value is -0.850. The zero-order valence-corrected chi connectivity index (χ0v) is 16.3. The van der Waals surface area contributed by atoms with Crippen LogP contribution < -0.4 is 10.6 Å². The SMILES string of the molecule is CCNC(=NCC(C)(O)CN1CCOCC1)NCCCC(C)(C)C. The van der Waals surface area contributed by atoms with Crippen LogP contribution >= 0.6 is 0 Å². The zero-order chi connectivity index (χ0) is 18.1. The second kappa shape index (κ2) is 10.2. The average molecular weight is 343 g/mol. The first-order valence-electron chi connectivity index (χ1n) is 9.26. The van der Waals surface area contributed by atoms with Crippen molar-refractivity contribution in [3.8, 4) is 0 Å². The number of β-amino-alcohol motifs (C(OH)–C–C–N with tert-alkyl or cyclic N) is 1. The summed E-state index contributed by atoms with van der Waals surface area (Å²) in [6.07, 6.45) is 2.28. The lowest BCUT2D eigenvalue weighted by molar-refractivity contribution is -0.0179. The Kier molecular flexibility index (Phi) is 9.02. The largest absolute Gasteiger partial charge is 0.387 e. The molecule has 0 saturated carbocycles. The van der Waals surface area contributed by atoms with E-state index in [1.807, 2.05) is 6.92 Å². The molecule has 0 aromatic rings. The van der Waals surface area contributed by atoms with Gasteiger partial charge in [0, 0.05) is 32.7 Å². The number of nitrogens with zero attached hydrogens (tertiary/aromatic N) is 2. The maximum absolute atomic E-state index is 10.6. The molecule has 24 heavy (non-hydrogen) atoms. The van der Waals surface area contributed by atoms with Crippen LogP contribution in [0.1, 0.15) is 47.5 Å². The first-order valence-corrected chi connectivity index (χ1v) is 9.26. The Morgan fingerprint density at radius 3 is 2.42 bits per heavy atom. The van der Waals surface area contributed by atoms with E-state index in [1.54, 1.807) is 0 Å². The fourth-order valence-corrected chi connectivity index (χ4v) is 2.71. The highest BCUT2D eigenvalue weighted by Gasteiger charge is 2.25. The molecule has 0 bridgehead atoms. The minimum Gasteiger partial charge on any atom is -0.387 e. The Bertz CT molecular complexity index is 372. The molecule has 1 rings (SSSR count). The van der Waals surface area contributed by atoms with Gasteiger partial charge in [-0.15, -0.1) is 0 Å². The lowest BCUT2D eigenvalue weighted by atomic mass is 9.91. The molecule has 0 spiro atoms. The molecule has 0 radical (unpaired) electrons. The fraction of sp³-hybridized carbons (Fsp3) is 0.944. The molecule has 6 nitrogen and oxygen atoms in total. The molecule has 0 aromatic heterocycles. The molecule has 1 heterocycles. The summed E-state index contributed by atoms with van der Waals surface area (Å²) in [6, 6.07) is 0. The Morgan fingerprint density at radius 1 is 1.17 bits per heavy atom. The summed E-state index contributed by atoms with van der Waals surface area (Å²) in [6.45, 7) is 16.7. The maximum Gasteiger partial charge on any atom is 0.191 e. The summed E-state index contributed by atoms with van der Waals surface area (Å²) in [4.78, 5) is 6.81. The lowest BCUT2D eigenvalue weighted by Crippen LogP contribution is -2.48. The van der Waals surface area contributed by atoms with Crippen LogP contribution in [0.4, 0.5) is 0 Å². The maximum atomic E-state index is 10.6. The number of ether oxygens (including phenoxy) is 1. The molecule has 1 aliphatic rings. The zero-order valence-electron chi connectivity index (χ0n) is 16.3. The number of hydrogen-bond donors (Lipinski definition) is 3. The van der Waals surface area contributed by atoms with Gasteiger partial charge >= 0.3 is 0 Å². The van der Waals surface area contributed by atoms with E-state index in [4.69, 9.17) is 4.74 Å². The van der Waals surface area contributed by atoms with Crippen molar-refractivity contribution in [3.05, 3.63) is 0 Å². The van der Waals surface area contributed by atoms with E-state index in [1.165, 1.54) is 6.42 Å². The summed E-state index contributed by atoms with van der Waals surface area (Å²) in [7, 11) is 0. The predicted molar refractivity (Wildman–Crippen MR) is 101 cm³/mol. The van der Waals surface area contributed by atoms with Crippen molar-refractivity contribution in [2.75, 3.05) is 52.5 Å². The van der Waals surface area contributed by atoms with Crippen LogP contribution in [-0.4, -0.2) is 74.0 Å². The van der Waals surface area contributed by atoms with E-state index in [0.717, 1.165) is 51.8 Å². The molecule has 1 unspecified atom stereocenters. The van der Waals surface area contributed by atoms with Gasteiger partial charge in [0.2, 0.25) is 0 Å². The van der Waals surface area contributed by atoms with Crippen molar-refractivity contribution in [2.45, 2.75) is 53.1 Å². The molecule has 0 aromatic carbocycles. The molecule has 0 amide bonds. The molecule has 1 saturated heterocycles. The number of guanidine groups is 1. The summed E-state index contributed by atoms with van der Waals surface area (Å²) >= 11 is 0. The molecule has 3 N–H and O–H groups in total. The molecular formula is C18H38N4O2. The predicted octanol–water partition coefficient (Wildman–Crippen LogP) is 1.45. The minimum atomic E-state index is -0.828. The Morgan fingerprint density at radius 2 is 1.83 bits per heavy atom. The Balaban J connectivity index is 2.41. The Labute approximate surface area is 148 Å². The fourth-order valence-electron chi connectivity index (χ4n) is 2.71. The van der Waals surface area contributed by atoms with Crippen LogP contribution in [0.3, 0.4) is 0 Å². The quantitative estimate of drug-likeness (QED) is 0.354. The van der Waals surface area contributed by atoms with Crippen molar-refractivity contribution >= 4 is 5.96 Å². The van der Waals surface area contributed by atoms with Gasteiger partial charge < -0.3 is 20.5 Å². The highest BCUT2D eigenvalue weighted by molar-refractivity contribution is 5.79. The van der Waals surface area contributed by atoms with Crippen molar-refractivity contribution < 1.29 is 9.84 Å². The van der Waals surface area contributed by atoms with Crippen LogP contribution in [0.15, 0.2) is 4.99 Å². The number of rotatable bonds is 8. The molecule has 1 fully saturated rings. The monoisotopic (exact) mass is 342 g/mol. The number of morpholine rings is 1. The van der Waals surface area contributed by atoms with E-state index in [9.17, 15) is 5.11 Å². The summed E-state index contributed by atoms with van der Waals surface area (Å²) in [5.74, 6) is 0.786. The highest BCUT2D eigenvalue weighted by Crippen LogP contribution is 2.19. The van der Waals surface area contributed by atoms with Gasteiger partial charge in [0.05, 0.1) is 25.4 Å². The van der Waals surface area contributed by atoms with Gasteiger partial charge in [-0.2, -0.15) is 0 Å². The number of hydrogen-bond acceptors (Lipinski definition) is 4. The second-order valence-electron chi connectivity index (χ2n) is 8.17. The second-order valence-corrected chi connectivity index (χ2v) is 8.17. The first-order chi connectivity index (χ1) is 11.2. The molecule has 1 aliphatic heterocycles. The minimum absolute atomic E-state index is 0.360. The van der Waals surface area contributed by atoms with E-state index in [2.05, 4.69) is 48.2 Å². The number of aliphatic imine (C=N–C) groups is 1. The van der Waals surface area contributed by atoms with Crippen LogP contribution in [0.2, 0.25) is 0 Å². The summed E-state index contributed by atoms with van der Waals surface area (Å²) < 4.78 is 5.35. The van der Waals surface area contributed by atoms with Crippen molar-refractivity contribution in [2.24, 2.45) is 10.4 Å². The topological polar surface area (TPSA) is 69.1 Å². The number of nitrogens with one attached hydrogen (secondary N) is 2. The van der Waals surface area contributed by atoms with Gasteiger partial charge in [0.25, 0.3) is 0 Å². The van der Waals surface area contributed by atoms with E-state index in [0.29, 0.717) is 18.5 Å². The van der Waals surface area contributed by atoms with Gasteiger partial charge in [-0.05, 0) is 32.1 Å². The third kappa shape index (κ3) is 10.1.